The van der Waals surface area contributed by atoms with E-state index in [1.54, 1.807) is 31.2 Å². The number of hydrogen-bond acceptors (Lipinski definition) is 3. The molecule has 0 aliphatic heterocycles. The fourth-order valence-electron chi connectivity index (χ4n) is 1.53. The minimum absolute atomic E-state index is 0.168. The van der Waals surface area contributed by atoms with Crippen molar-refractivity contribution in [1.82, 2.24) is 0 Å². The lowest BCUT2D eigenvalue weighted by Crippen LogP contribution is -1.95. The molecule has 0 amide bonds. The fourth-order valence-corrected chi connectivity index (χ4v) is 1.53. The minimum atomic E-state index is -0.485. The molecule has 0 aliphatic rings. The van der Waals surface area contributed by atoms with Gasteiger partial charge in [-0.25, -0.2) is 4.39 Å². The molecule has 1 heterocycles. The maximum atomic E-state index is 14.0. The Morgan fingerprint density at radius 2 is 2.18 bits per heavy atom. The van der Waals surface area contributed by atoms with Crippen LogP contribution in [0.3, 0.4) is 0 Å². The largest absolute Gasteiger partial charge is 0.491 e. The number of carbonyl (C=O) groups excluding carboxylic acids is 1. The van der Waals surface area contributed by atoms with E-state index in [0.29, 0.717) is 18.7 Å². The van der Waals surface area contributed by atoms with E-state index in [-0.39, 0.29) is 17.1 Å². The molecule has 0 saturated carbocycles. The fraction of sp³-hybridized carbons (Fsp3) is 0.154. The van der Waals surface area contributed by atoms with Crippen molar-refractivity contribution < 1.29 is 18.3 Å². The predicted octanol–water partition coefficient (Wildman–Crippen LogP) is 3.30. The molecule has 1 aromatic carbocycles. The SMILES string of the molecule is CCOc1cccc(-c2ccc(C=O)o2)c1F. The van der Waals surface area contributed by atoms with Crippen LogP contribution < -0.4 is 4.74 Å². The van der Waals surface area contributed by atoms with Crippen LogP contribution >= 0.6 is 0 Å². The van der Waals surface area contributed by atoms with Gasteiger partial charge in [-0.3, -0.25) is 4.79 Å². The molecule has 0 spiro atoms. The van der Waals surface area contributed by atoms with E-state index in [2.05, 4.69) is 0 Å². The molecule has 0 fully saturated rings. The van der Waals surface area contributed by atoms with Crippen LogP contribution in [0.4, 0.5) is 4.39 Å². The van der Waals surface area contributed by atoms with E-state index in [1.165, 1.54) is 6.07 Å². The summed E-state index contributed by atoms with van der Waals surface area (Å²) < 4.78 is 24.3. The molecule has 0 atom stereocenters. The molecular weight excluding hydrogens is 223 g/mol. The Morgan fingerprint density at radius 1 is 1.35 bits per heavy atom. The molecule has 4 heteroatoms. The third-order valence-corrected chi connectivity index (χ3v) is 2.27. The second-order valence-electron chi connectivity index (χ2n) is 3.37. The zero-order chi connectivity index (χ0) is 12.3. The highest BCUT2D eigenvalue weighted by atomic mass is 19.1. The molecule has 17 heavy (non-hydrogen) atoms. The Bertz CT molecular complexity index is 531. The monoisotopic (exact) mass is 234 g/mol. The lowest BCUT2D eigenvalue weighted by molar-refractivity contribution is 0.110. The summed E-state index contributed by atoms with van der Waals surface area (Å²) >= 11 is 0. The van der Waals surface area contributed by atoms with Gasteiger partial charge >= 0.3 is 0 Å². The van der Waals surface area contributed by atoms with Crippen molar-refractivity contribution in [2.24, 2.45) is 0 Å². The second kappa shape index (κ2) is 4.82. The molecule has 0 radical (unpaired) electrons. The Balaban J connectivity index is 2.44. The maximum absolute atomic E-state index is 14.0. The Labute approximate surface area is 97.8 Å². The number of furan rings is 1. The number of rotatable bonds is 4. The van der Waals surface area contributed by atoms with Crippen molar-refractivity contribution >= 4 is 6.29 Å². The van der Waals surface area contributed by atoms with Gasteiger partial charge in [0.2, 0.25) is 0 Å². The number of carbonyl (C=O) groups is 1. The van der Waals surface area contributed by atoms with Gasteiger partial charge in [0.15, 0.2) is 23.6 Å². The first-order chi connectivity index (χ1) is 8.26. The normalized spacial score (nSPS) is 10.2. The van der Waals surface area contributed by atoms with Crippen molar-refractivity contribution in [3.8, 4) is 17.1 Å². The van der Waals surface area contributed by atoms with Crippen LogP contribution in [0, 0.1) is 5.82 Å². The molecule has 2 rings (SSSR count). The van der Waals surface area contributed by atoms with Crippen LogP contribution in [-0.2, 0) is 0 Å². The zero-order valence-electron chi connectivity index (χ0n) is 9.27. The van der Waals surface area contributed by atoms with Crippen LogP contribution in [0.2, 0.25) is 0 Å². The molecule has 0 aliphatic carbocycles. The van der Waals surface area contributed by atoms with E-state index in [0.717, 1.165) is 0 Å². The Morgan fingerprint density at radius 3 is 2.82 bits per heavy atom. The smallest absolute Gasteiger partial charge is 0.185 e. The predicted molar refractivity (Wildman–Crippen MR) is 60.7 cm³/mol. The molecule has 0 bridgehead atoms. The molecule has 0 unspecified atom stereocenters. The molecule has 1 aromatic heterocycles. The maximum Gasteiger partial charge on any atom is 0.185 e. The molecule has 0 saturated heterocycles. The van der Waals surface area contributed by atoms with Gasteiger partial charge in [0.05, 0.1) is 12.2 Å². The summed E-state index contributed by atoms with van der Waals surface area (Å²) in [6.45, 7) is 2.17. The summed E-state index contributed by atoms with van der Waals surface area (Å²) in [6, 6.07) is 7.84. The van der Waals surface area contributed by atoms with Gasteiger partial charge < -0.3 is 9.15 Å². The molecular formula is C13H11FO3. The van der Waals surface area contributed by atoms with Gasteiger partial charge in [-0.2, -0.15) is 0 Å². The highest BCUT2D eigenvalue weighted by molar-refractivity contribution is 5.73. The van der Waals surface area contributed by atoms with Crippen LogP contribution in [-0.4, -0.2) is 12.9 Å². The van der Waals surface area contributed by atoms with Crippen LogP contribution in [0.15, 0.2) is 34.7 Å². The third-order valence-electron chi connectivity index (χ3n) is 2.27. The average molecular weight is 234 g/mol. The topological polar surface area (TPSA) is 39.4 Å². The third kappa shape index (κ3) is 2.20. The molecule has 0 N–H and O–H groups in total. The molecule has 88 valence electrons. The van der Waals surface area contributed by atoms with E-state index in [1.807, 2.05) is 0 Å². The number of halogens is 1. The lowest BCUT2D eigenvalue weighted by Gasteiger charge is -2.06. The first kappa shape index (κ1) is 11.4. The van der Waals surface area contributed by atoms with Gasteiger partial charge in [-0.1, -0.05) is 6.07 Å². The number of hydrogen-bond donors (Lipinski definition) is 0. The Kier molecular flexibility index (Phi) is 3.23. The highest BCUT2D eigenvalue weighted by Gasteiger charge is 2.13. The van der Waals surface area contributed by atoms with E-state index in [4.69, 9.17) is 9.15 Å². The summed E-state index contributed by atoms with van der Waals surface area (Å²) in [6.07, 6.45) is 0.577. The highest BCUT2D eigenvalue weighted by Crippen LogP contribution is 2.30. The summed E-state index contributed by atoms with van der Waals surface area (Å²) in [5.41, 5.74) is 0.282. The van der Waals surface area contributed by atoms with Crippen molar-refractivity contribution in [2.75, 3.05) is 6.61 Å². The number of aldehydes is 1. The first-order valence-corrected chi connectivity index (χ1v) is 5.23. The summed E-state index contributed by atoms with van der Waals surface area (Å²) in [4.78, 5) is 10.5. The zero-order valence-corrected chi connectivity index (χ0v) is 9.27. The Hall–Kier alpha value is -2.10. The van der Waals surface area contributed by atoms with Crippen LogP contribution in [0.5, 0.6) is 5.75 Å². The average Bonchev–Trinajstić information content (AvgIpc) is 2.80. The summed E-state index contributed by atoms with van der Waals surface area (Å²) in [5.74, 6) is 0.169. The summed E-state index contributed by atoms with van der Waals surface area (Å²) in [5, 5.41) is 0. The van der Waals surface area contributed by atoms with Crippen molar-refractivity contribution in [3.63, 3.8) is 0 Å². The molecule has 3 nitrogen and oxygen atoms in total. The lowest BCUT2D eigenvalue weighted by atomic mass is 10.1. The van der Waals surface area contributed by atoms with Gasteiger partial charge in [0.1, 0.15) is 5.76 Å². The standard InChI is InChI=1S/C13H11FO3/c1-2-16-12-5-3-4-10(13(12)14)11-7-6-9(8-15)17-11/h3-8H,2H2,1H3. The van der Waals surface area contributed by atoms with Crippen molar-refractivity contribution in [3.05, 3.63) is 41.9 Å². The second-order valence-corrected chi connectivity index (χ2v) is 3.37. The van der Waals surface area contributed by atoms with E-state index in [9.17, 15) is 9.18 Å². The summed E-state index contributed by atoms with van der Waals surface area (Å²) in [7, 11) is 0. The first-order valence-electron chi connectivity index (χ1n) is 5.23. The molecule has 2 aromatic rings. The minimum Gasteiger partial charge on any atom is -0.491 e. The van der Waals surface area contributed by atoms with Crippen LogP contribution in [0.25, 0.3) is 11.3 Å². The van der Waals surface area contributed by atoms with Gasteiger partial charge in [0, 0.05) is 0 Å². The number of benzene rings is 1. The van der Waals surface area contributed by atoms with E-state index < -0.39 is 5.82 Å². The van der Waals surface area contributed by atoms with Gasteiger partial charge in [-0.15, -0.1) is 0 Å². The van der Waals surface area contributed by atoms with Gasteiger partial charge in [0.25, 0.3) is 0 Å². The van der Waals surface area contributed by atoms with Crippen LogP contribution in [0.1, 0.15) is 17.5 Å². The van der Waals surface area contributed by atoms with Crippen molar-refractivity contribution in [1.29, 1.82) is 0 Å². The van der Waals surface area contributed by atoms with E-state index >= 15 is 0 Å². The van der Waals surface area contributed by atoms with Crippen molar-refractivity contribution in [2.45, 2.75) is 6.92 Å². The van der Waals surface area contributed by atoms with Gasteiger partial charge in [-0.05, 0) is 31.2 Å². The quantitative estimate of drug-likeness (QED) is 0.762. The number of ether oxygens (including phenoxy) is 1.